The van der Waals surface area contributed by atoms with Gasteiger partial charge >= 0.3 is 0 Å². The number of aliphatic hydroxyl groups is 1. The van der Waals surface area contributed by atoms with Gasteiger partial charge in [-0.15, -0.1) is 0 Å². The lowest BCUT2D eigenvalue weighted by atomic mass is 9.94. The van der Waals surface area contributed by atoms with Gasteiger partial charge in [-0.2, -0.15) is 0 Å². The fourth-order valence-corrected chi connectivity index (χ4v) is 1.23. The molecule has 1 heterocycles. The van der Waals surface area contributed by atoms with E-state index in [1.54, 1.807) is 6.92 Å². The number of carbonyl (C=O) groups is 1. The van der Waals surface area contributed by atoms with Crippen molar-refractivity contribution < 1.29 is 14.6 Å². The molecule has 0 aromatic carbocycles. The van der Waals surface area contributed by atoms with Crippen LogP contribution >= 0.6 is 0 Å². The summed E-state index contributed by atoms with van der Waals surface area (Å²) in [5.74, 6) is 0.0963. The Balaban J connectivity index is 2.50. The lowest BCUT2D eigenvalue weighted by Gasteiger charge is -2.09. The van der Waals surface area contributed by atoms with Crippen LogP contribution in [-0.2, 0) is 9.53 Å². The summed E-state index contributed by atoms with van der Waals surface area (Å²) in [6, 6.07) is 0. The van der Waals surface area contributed by atoms with Gasteiger partial charge in [-0.3, -0.25) is 4.79 Å². The SMILES string of the molecule is CC(=O)[C@@H]1COC[C@H]1CO. The van der Waals surface area contributed by atoms with Crippen LogP contribution in [0.2, 0.25) is 0 Å². The van der Waals surface area contributed by atoms with Crippen molar-refractivity contribution in [3.05, 3.63) is 0 Å². The van der Waals surface area contributed by atoms with E-state index in [9.17, 15) is 4.79 Å². The number of ketones is 1. The minimum absolute atomic E-state index is 0.0394. The summed E-state index contributed by atoms with van der Waals surface area (Å²) in [5, 5.41) is 8.75. The third-order valence-electron chi connectivity index (χ3n) is 1.96. The molecular weight excluding hydrogens is 132 g/mol. The molecule has 0 aliphatic carbocycles. The summed E-state index contributed by atoms with van der Waals surface area (Å²) in [6.45, 7) is 2.62. The van der Waals surface area contributed by atoms with Crippen LogP contribution in [0.25, 0.3) is 0 Å². The number of carbonyl (C=O) groups excluding carboxylic acids is 1. The first-order valence-corrected chi connectivity index (χ1v) is 3.44. The second-order valence-corrected chi connectivity index (χ2v) is 2.70. The Morgan fingerprint density at radius 3 is 2.80 bits per heavy atom. The number of rotatable bonds is 2. The van der Waals surface area contributed by atoms with Crippen LogP contribution in [0.5, 0.6) is 0 Å². The Bertz CT molecular complexity index is 133. The zero-order valence-corrected chi connectivity index (χ0v) is 6.04. The number of hydrogen-bond donors (Lipinski definition) is 1. The molecule has 3 heteroatoms. The van der Waals surface area contributed by atoms with Gasteiger partial charge in [0.15, 0.2) is 0 Å². The summed E-state index contributed by atoms with van der Waals surface area (Å²) in [6.07, 6.45) is 0. The summed E-state index contributed by atoms with van der Waals surface area (Å²) in [4.78, 5) is 10.8. The van der Waals surface area contributed by atoms with E-state index in [4.69, 9.17) is 9.84 Å². The van der Waals surface area contributed by atoms with Crippen LogP contribution in [0.1, 0.15) is 6.92 Å². The molecular formula is C7H12O3. The highest BCUT2D eigenvalue weighted by molar-refractivity contribution is 5.79. The Morgan fingerprint density at radius 2 is 2.40 bits per heavy atom. The molecule has 1 N–H and O–H groups in total. The second-order valence-electron chi connectivity index (χ2n) is 2.70. The fraction of sp³-hybridized carbons (Fsp3) is 0.857. The largest absolute Gasteiger partial charge is 0.396 e. The van der Waals surface area contributed by atoms with Gasteiger partial charge in [-0.25, -0.2) is 0 Å². The standard InChI is InChI=1S/C7H12O3/c1-5(9)7-4-10-3-6(7)2-8/h6-8H,2-4H2,1H3/t6-,7+/m1/s1. The van der Waals surface area contributed by atoms with Crippen LogP contribution in [0.15, 0.2) is 0 Å². The van der Waals surface area contributed by atoms with Crippen molar-refractivity contribution >= 4 is 5.78 Å². The molecule has 0 bridgehead atoms. The fourth-order valence-electron chi connectivity index (χ4n) is 1.23. The number of ether oxygens (including phenoxy) is 1. The first-order valence-electron chi connectivity index (χ1n) is 3.44. The predicted molar refractivity (Wildman–Crippen MR) is 35.6 cm³/mol. The molecule has 1 aliphatic heterocycles. The van der Waals surface area contributed by atoms with E-state index in [0.29, 0.717) is 13.2 Å². The van der Waals surface area contributed by atoms with Crippen molar-refractivity contribution in [1.29, 1.82) is 0 Å². The second kappa shape index (κ2) is 3.12. The topological polar surface area (TPSA) is 46.5 Å². The maximum atomic E-state index is 10.8. The van der Waals surface area contributed by atoms with E-state index >= 15 is 0 Å². The summed E-state index contributed by atoms with van der Waals surface area (Å²) in [5.41, 5.74) is 0. The molecule has 3 nitrogen and oxygen atoms in total. The Morgan fingerprint density at radius 1 is 1.70 bits per heavy atom. The van der Waals surface area contributed by atoms with Crippen molar-refractivity contribution in [2.45, 2.75) is 6.92 Å². The minimum atomic E-state index is -0.0648. The zero-order valence-electron chi connectivity index (χ0n) is 6.04. The molecule has 0 aromatic heterocycles. The van der Waals surface area contributed by atoms with Crippen LogP contribution in [-0.4, -0.2) is 30.7 Å². The first-order chi connectivity index (χ1) is 4.75. The molecule has 1 saturated heterocycles. The molecule has 58 valence electrons. The summed E-state index contributed by atoms with van der Waals surface area (Å²) in [7, 11) is 0. The van der Waals surface area contributed by atoms with Gasteiger partial charge in [-0.1, -0.05) is 0 Å². The molecule has 0 saturated carbocycles. The minimum Gasteiger partial charge on any atom is -0.396 e. The van der Waals surface area contributed by atoms with E-state index in [2.05, 4.69) is 0 Å². The smallest absolute Gasteiger partial charge is 0.135 e. The van der Waals surface area contributed by atoms with Gasteiger partial charge in [0.1, 0.15) is 5.78 Å². The summed E-state index contributed by atoms with van der Waals surface area (Å²) < 4.78 is 5.04. The quantitative estimate of drug-likeness (QED) is 0.585. The molecule has 2 atom stereocenters. The van der Waals surface area contributed by atoms with Crippen LogP contribution < -0.4 is 0 Å². The van der Waals surface area contributed by atoms with Crippen LogP contribution in [0, 0.1) is 11.8 Å². The van der Waals surface area contributed by atoms with Crippen molar-refractivity contribution in [3.63, 3.8) is 0 Å². The van der Waals surface area contributed by atoms with Crippen molar-refractivity contribution in [2.75, 3.05) is 19.8 Å². The molecule has 0 unspecified atom stereocenters. The van der Waals surface area contributed by atoms with Crippen LogP contribution in [0.4, 0.5) is 0 Å². The highest BCUT2D eigenvalue weighted by Gasteiger charge is 2.30. The zero-order chi connectivity index (χ0) is 7.56. The monoisotopic (exact) mass is 144 g/mol. The Hall–Kier alpha value is -0.410. The Labute approximate surface area is 60.0 Å². The van der Waals surface area contributed by atoms with E-state index in [1.165, 1.54) is 0 Å². The average molecular weight is 144 g/mol. The third kappa shape index (κ3) is 1.36. The van der Waals surface area contributed by atoms with Gasteiger partial charge in [0, 0.05) is 18.4 Å². The number of aliphatic hydroxyl groups excluding tert-OH is 1. The van der Waals surface area contributed by atoms with E-state index in [1.807, 2.05) is 0 Å². The molecule has 1 rings (SSSR count). The average Bonchev–Trinajstić information content (AvgIpc) is 2.33. The van der Waals surface area contributed by atoms with Crippen LogP contribution in [0.3, 0.4) is 0 Å². The Kier molecular flexibility index (Phi) is 2.40. The third-order valence-corrected chi connectivity index (χ3v) is 1.96. The number of Topliss-reactive ketones (excluding diaryl/α,β-unsaturated/α-hetero) is 1. The highest BCUT2D eigenvalue weighted by Crippen LogP contribution is 2.20. The van der Waals surface area contributed by atoms with Crippen molar-refractivity contribution in [2.24, 2.45) is 11.8 Å². The molecule has 0 aromatic rings. The highest BCUT2D eigenvalue weighted by atomic mass is 16.5. The van der Waals surface area contributed by atoms with E-state index < -0.39 is 0 Å². The molecule has 1 fully saturated rings. The van der Waals surface area contributed by atoms with Gasteiger partial charge in [0.25, 0.3) is 0 Å². The predicted octanol–water partition coefficient (Wildman–Crippen LogP) is -0.170. The molecule has 0 radical (unpaired) electrons. The maximum Gasteiger partial charge on any atom is 0.135 e. The summed E-state index contributed by atoms with van der Waals surface area (Å²) >= 11 is 0. The van der Waals surface area contributed by atoms with Gasteiger partial charge < -0.3 is 9.84 Å². The normalized spacial score (nSPS) is 32.6. The van der Waals surface area contributed by atoms with Crippen molar-refractivity contribution in [1.82, 2.24) is 0 Å². The molecule has 10 heavy (non-hydrogen) atoms. The molecule has 0 amide bonds. The first kappa shape index (κ1) is 7.69. The van der Waals surface area contributed by atoms with Gasteiger partial charge in [0.2, 0.25) is 0 Å². The van der Waals surface area contributed by atoms with E-state index in [0.717, 1.165) is 0 Å². The lowest BCUT2D eigenvalue weighted by Crippen LogP contribution is -2.22. The lowest BCUT2D eigenvalue weighted by molar-refractivity contribution is -0.122. The van der Waals surface area contributed by atoms with Gasteiger partial charge in [-0.05, 0) is 6.92 Å². The van der Waals surface area contributed by atoms with Crippen molar-refractivity contribution in [3.8, 4) is 0 Å². The van der Waals surface area contributed by atoms with Gasteiger partial charge in [0.05, 0.1) is 13.2 Å². The maximum absolute atomic E-state index is 10.8. The molecule has 1 aliphatic rings. The molecule has 0 spiro atoms. The van der Waals surface area contributed by atoms with E-state index in [-0.39, 0.29) is 24.2 Å². The number of hydrogen-bond acceptors (Lipinski definition) is 3.